The number of pyridine rings is 1. The Hall–Kier alpha value is -3.33. The second kappa shape index (κ2) is 7.01. The number of carbonyl (C=O) groups excluding carboxylic acids is 1. The molecule has 2 heterocycles. The summed E-state index contributed by atoms with van der Waals surface area (Å²) in [5, 5.41) is 2.85. The van der Waals surface area contributed by atoms with Crippen LogP contribution in [0.4, 0.5) is 5.69 Å². The summed E-state index contributed by atoms with van der Waals surface area (Å²) in [6.07, 6.45) is 0. The maximum absolute atomic E-state index is 12.8. The topological polar surface area (TPSA) is 104 Å². The fraction of sp³-hybridized carbons (Fsp3) is 0.222. The SMILES string of the molecule is COc1ccc(NC(=O)c2cc(=O)n(C)c3c2c(=O)n(C)c(=O)n3C)cc1Cl. The number of benzene rings is 1. The molecule has 0 aliphatic heterocycles. The zero-order valence-electron chi connectivity index (χ0n) is 15.6. The van der Waals surface area contributed by atoms with Gasteiger partial charge in [-0.15, -0.1) is 0 Å². The van der Waals surface area contributed by atoms with Gasteiger partial charge in [0.15, 0.2) is 0 Å². The number of nitrogens with one attached hydrogen (secondary N) is 1. The first-order valence-corrected chi connectivity index (χ1v) is 8.49. The van der Waals surface area contributed by atoms with Crippen molar-refractivity contribution in [1.82, 2.24) is 13.7 Å². The Kier molecular flexibility index (Phi) is 4.86. The molecule has 0 unspecified atom stereocenters. The van der Waals surface area contributed by atoms with Crippen LogP contribution in [0.5, 0.6) is 5.75 Å². The van der Waals surface area contributed by atoms with Crippen molar-refractivity contribution in [3.63, 3.8) is 0 Å². The fourth-order valence-corrected chi connectivity index (χ4v) is 3.24. The third-order valence-electron chi connectivity index (χ3n) is 4.47. The van der Waals surface area contributed by atoms with Crippen LogP contribution in [0.2, 0.25) is 5.02 Å². The van der Waals surface area contributed by atoms with E-state index >= 15 is 0 Å². The van der Waals surface area contributed by atoms with Gasteiger partial charge < -0.3 is 10.1 Å². The second-order valence-electron chi connectivity index (χ2n) is 6.16. The average molecular weight is 405 g/mol. The first-order chi connectivity index (χ1) is 13.2. The van der Waals surface area contributed by atoms with E-state index in [9.17, 15) is 19.2 Å². The van der Waals surface area contributed by atoms with Crippen LogP contribution in [0.25, 0.3) is 11.0 Å². The van der Waals surface area contributed by atoms with E-state index in [2.05, 4.69) is 5.32 Å². The molecule has 10 heteroatoms. The molecule has 1 aromatic carbocycles. The van der Waals surface area contributed by atoms with Crippen molar-refractivity contribution in [2.75, 3.05) is 12.4 Å². The molecule has 2 aromatic heterocycles. The molecule has 0 spiro atoms. The van der Waals surface area contributed by atoms with Gasteiger partial charge in [0.2, 0.25) is 0 Å². The molecule has 0 radical (unpaired) electrons. The van der Waals surface area contributed by atoms with E-state index in [0.29, 0.717) is 11.4 Å². The highest BCUT2D eigenvalue weighted by molar-refractivity contribution is 6.32. The summed E-state index contributed by atoms with van der Waals surface area (Å²) in [5.74, 6) is -0.248. The summed E-state index contributed by atoms with van der Waals surface area (Å²) in [4.78, 5) is 50.1. The van der Waals surface area contributed by atoms with Gasteiger partial charge in [-0.1, -0.05) is 11.6 Å². The molecule has 0 fully saturated rings. The van der Waals surface area contributed by atoms with Gasteiger partial charge in [-0.25, -0.2) is 4.79 Å². The highest BCUT2D eigenvalue weighted by Gasteiger charge is 2.21. The van der Waals surface area contributed by atoms with E-state index in [1.54, 1.807) is 12.1 Å². The Balaban J connectivity index is 2.23. The first kappa shape index (κ1) is 19.4. The number of aryl methyl sites for hydroxylation is 2. The van der Waals surface area contributed by atoms with Crippen LogP contribution in [0.15, 0.2) is 38.6 Å². The number of ether oxygens (including phenoxy) is 1. The van der Waals surface area contributed by atoms with E-state index in [4.69, 9.17) is 16.3 Å². The monoisotopic (exact) mass is 404 g/mol. The van der Waals surface area contributed by atoms with Crippen molar-refractivity contribution in [1.29, 1.82) is 0 Å². The van der Waals surface area contributed by atoms with Crippen LogP contribution in [0.1, 0.15) is 10.4 Å². The molecule has 0 aliphatic carbocycles. The smallest absolute Gasteiger partial charge is 0.332 e. The molecule has 1 amide bonds. The molecule has 28 heavy (non-hydrogen) atoms. The number of hydrogen-bond donors (Lipinski definition) is 1. The molecule has 1 N–H and O–H groups in total. The summed E-state index contributed by atoms with van der Waals surface area (Å²) in [6.45, 7) is 0. The summed E-state index contributed by atoms with van der Waals surface area (Å²) >= 11 is 6.06. The lowest BCUT2D eigenvalue weighted by molar-refractivity contribution is 0.102. The Bertz CT molecular complexity index is 1300. The van der Waals surface area contributed by atoms with Gasteiger partial charge in [-0.3, -0.25) is 28.1 Å². The lowest BCUT2D eigenvalue weighted by atomic mass is 10.1. The van der Waals surface area contributed by atoms with Gasteiger partial charge in [0.25, 0.3) is 17.0 Å². The Morgan fingerprint density at radius 3 is 2.32 bits per heavy atom. The summed E-state index contributed by atoms with van der Waals surface area (Å²) < 4.78 is 8.25. The van der Waals surface area contributed by atoms with Crippen LogP contribution in [-0.4, -0.2) is 26.7 Å². The lowest BCUT2D eigenvalue weighted by Gasteiger charge is -2.14. The number of aromatic nitrogens is 3. The molecule has 0 saturated heterocycles. The normalized spacial score (nSPS) is 10.9. The van der Waals surface area contributed by atoms with Crippen LogP contribution in [0.3, 0.4) is 0 Å². The number of amides is 1. The van der Waals surface area contributed by atoms with Crippen molar-refractivity contribution in [3.05, 3.63) is 66.0 Å². The molecular formula is C18H17ClN4O5. The standard InChI is InChI=1S/C18H17ClN4O5/c1-21-13(24)8-10(14-16(21)22(2)18(27)23(3)17(14)26)15(25)20-9-5-6-12(28-4)11(19)7-9/h5-8H,1-4H3,(H,20,25). The van der Waals surface area contributed by atoms with Gasteiger partial charge in [0.1, 0.15) is 11.4 Å². The summed E-state index contributed by atoms with van der Waals surface area (Å²) in [6, 6.07) is 5.69. The van der Waals surface area contributed by atoms with Crippen LogP contribution in [-0.2, 0) is 21.1 Å². The maximum atomic E-state index is 12.8. The third kappa shape index (κ3) is 2.99. The molecule has 0 atom stereocenters. The Labute approximate surface area is 163 Å². The highest BCUT2D eigenvalue weighted by atomic mass is 35.5. The minimum Gasteiger partial charge on any atom is -0.495 e. The van der Waals surface area contributed by atoms with Crippen LogP contribution in [0, 0.1) is 0 Å². The first-order valence-electron chi connectivity index (χ1n) is 8.12. The van der Waals surface area contributed by atoms with E-state index in [-0.39, 0.29) is 21.6 Å². The molecule has 0 saturated carbocycles. The number of carbonyl (C=O) groups is 1. The zero-order chi connectivity index (χ0) is 20.7. The van der Waals surface area contributed by atoms with E-state index in [0.717, 1.165) is 19.8 Å². The Morgan fingerprint density at radius 1 is 1.04 bits per heavy atom. The van der Waals surface area contributed by atoms with Crippen molar-refractivity contribution >= 4 is 34.2 Å². The number of hydrogen-bond acceptors (Lipinski definition) is 5. The largest absolute Gasteiger partial charge is 0.495 e. The molecule has 9 nitrogen and oxygen atoms in total. The Morgan fingerprint density at radius 2 is 1.71 bits per heavy atom. The highest BCUT2D eigenvalue weighted by Crippen LogP contribution is 2.27. The average Bonchev–Trinajstić information content (AvgIpc) is 2.66. The van der Waals surface area contributed by atoms with Crippen molar-refractivity contribution in [3.8, 4) is 5.75 Å². The van der Waals surface area contributed by atoms with Crippen molar-refractivity contribution in [2.45, 2.75) is 0 Å². The van der Waals surface area contributed by atoms with Crippen LogP contribution >= 0.6 is 11.6 Å². The molecule has 0 bridgehead atoms. The predicted octanol–water partition coefficient (Wildman–Crippen LogP) is 0.850. The van der Waals surface area contributed by atoms with E-state index < -0.39 is 22.7 Å². The van der Waals surface area contributed by atoms with Gasteiger partial charge in [0.05, 0.1) is 23.1 Å². The molecule has 146 valence electrons. The quantitative estimate of drug-likeness (QED) is 0.697. The summed E-state index contributed by atoms with van der Waals surface area (Å²) in [7, 11) is 5.62. The van der Waals surface area contributed by atoms with Gasteiger partial charge in [-0.2, -0.15) is 0 Å². The third-order valence-corrected chi connectivity index (χ3v) is 4.77. The molecule has 0 aliphatic rings. The number of methoxy groups -OCH3 is 1. The number of nitrogens with zero attached hydrogens (tertiary/aromatic N) is 3. The number of rotatable bonds is 3. The van der Waals surface area contributed by atoms with Crippen molar-refractivity contribution < 1.29 is 9.53 Å². The van der Waals surface area contributed by atoms with Gasteiger partial charge in [-0.05, 0) is 18.2 Å². The zero-order valence-corrected chi connectivity index (χ0v) is 16.3. The lowest BCUT2D eigenvalue weighted by Crippen LogP contribution is -2.40. The summed E-state index contributed by atoms with van der Waals surface area (Å²) in [5.41, 5.74) is -1.54. The minimum absolute atomic E-state index is 0.0381. The molecular weight excluding hydrogens is 388 g/mol. The second-order valence-corrected chi connectivity index (χ2v) is 6.57. The predicted molar refractivity (Wildman–Crippen MR) is 106 cm³/mol. The van der Waals surface area contributed by atoms with E-state index in [1.165, 1.54) is 34.3 Å². The number of anilines is 1. The number of halogens is 1. The maximum Gasteiger partial charge on any atom is 0.332 e. The number of fused-ring (bicyclic) bond motifs is 1. The molecule has 3 rings (SSSR count). The van der Waals surface area contributed by atoms with E-state index in [1.807, 2.05) is 0 Å². The fourth-order valence-electron chi connectivity index (χ4n) is 2.98. The van der Waals surface area contributed by atoms with Gasteiger partial charge >= 0.3 is 5.69 Å². The van der Waals surface area contributed by atoms with Crippen molar-refractivity contribution in [2.24, 2.45) is 21.1 Å². The van der Waals surface area contributed by atoms with Crippen LogP contribution < -0.4 is 26.9 Å². The molecule has 3 aromatic rings. The van der Waals surface area contributed by atoms with Gasteiger partial charge in [0, 0.05) is 32.9 Å². The minimum atomic E-state index is -0.681.